The molecule has 19 heavy (non-hydrogen) atoms. The van der Waals surface area contributed by atoms with Gasteiger partial charge < -0.3 is 5.32 Å². The summed E-state index contributed by atoms with van der Waals surface area (Å²) in [6, 6.07) is 12.0. The average Bonchev–Trinajstić information content (AvgIpc) is 2.37. The first kappa shape index (κ1) is 15.2. The zero-order valence-corrected chi connectivity index (χ0v) is 14.1. The van der Waals surface area contributed by atoms with E-state index in [2.05, 4.69) is 33.4 Å². The van der Waals surface area contributed by atoms with Gasteiger partial charge in [-0.2, -0.15) is 0 Å². The molecule has 0 amide bonds. The van der Waals surface area contributed by atoms with Gasteiger partial charge in [0.25, 0.3) is 0 Å². The number of benzene rings is 2. The van der Waals surface area contributed by atoms with E-state index in [1.54, 1.807) is 11.8 Å². The molecule has 0 radical (unpaired) electrons. The van der Waals surface area contributed by atoms with Gasteiger partial charge in [-0.1, -0.05) is 50.9 Å². The highest BCUT2D eigenvalue weighted by molar-refractivity contribution is 9.10. The minimum absolute atomic E-state index is 0.581. The summed E-state index contributed by atoms with van der Waals surface area (Å²) in [5.41, 5.74) is 1.24. The summed E-state index contributed by atoms with van der Waals surface area (Å²) in [6.45, 7) is 0.823. The lowest BCUT2D eigenvalue weighted by molar-refractivity contribution is 0.802. The van der Waals surface area contributed by atoms with Crippen LogP contribution in [0.2, 0.25) is 10.0 Å². The molecule has 100 valence electrons. The van der Waals surface area contributed by atoms with E-state index in [0.717, 1.165) is 15.9 Å². The van der Waals surface area contributed by atoms with Gasteiger partial charge in [-0.3, -0.25) is 0 Å². The van der Waals surface area contributed by atoms with Crippen LogP contribution in [0.15, 0.2) is 50.7 Å². The fourth-order valence-corrected chi connectivity index (χ4v) is 3.38. The molecule has 0 atom stereocenters. The molecule has 0 fully saturated rings. The van der Waals surface area contributed by atoms with Crippen molar-refractivity contribution in [1.29, 1.82) is 0 Å². The van der Waals surface area contributed by atoms with Gasteiger partial charge in [-0.25, -0.2) is 0 Å². The predicted octanol–water partition coefficient (Wildman–Crippen LogP) is 5.63. The molecule has 2 rings (SSSR count). The Balaban J connectivity index is 2.29. The van der Waals surface area contributed by atoms with Gasteiger partial charge in [0.1, 0.15) is 0 Å². The zero-order chi connectivity index (χ0) is 13.8. The molecule has 0 heterocycles. The lowest BCUT2D eigenvalue weighted by Gasteiger charge is -2.10. The molecule has 0 saturated heterocycles. The highest BCUT2D eigenvalue weighted by Gasteiger charge is 2.06. The maximum absolute atomic E-state index is 6.04. The Morgan fingerprint density at radius 3 is 2.58 bits per heavy atom. The van der Waals surface area contributed by atoms with Crippen LogP contribution >= 0.6 is 50.9 Å². The van der Waals surface area contributed by atoms with Crippen molar-refractivity contribution in [3.05, 3.63) is 56.5 Å². The minimum atomic E-state index is 0.581. The number of hydrogen-bond donors (Lipinski definition) is 1. The molecular formula is C14H12BrCl2NS. The molecule has 0 aliphatic heterocycles. The van der Waals surface area contributed by atoms with E-state index in [1.165, 1.54) is 10.5 Å². The van der Waals surface area contributed by atoms with E-state index in [-0.39, 0.29) is 0 Å². The molecule has 0 bridgehead atoms. The van der Waals surface area contributed by atoms with Gasteiger partial charge in [0.2, 0.25) is 0 Å². The van der Waals surface area contributed by atoms with E-state index in [4.69, 9.17) is 23.2 Å². The summed E-state index contributed by atoms with van der Waals surface area (Å²) in [5, 5.41) is 4.34. The summed E-state index contributed by atoms with van der Waals surface area (Å²) in [4.78, 5) is 2.28. The third-order valence-electron chi connectivity index (χ3n) is 2.51. The van der Waals surface area contributed by atoms with Crippen molar-refractivity contribution in [2.75, 3.05) is 7.05 Å². The lowest BCUT2D eigenvalue weighted by Crippen LogP contribution is -2.06. The average molecular weight is 377 g/mol. The summed E-state index contributed by atoms with van der Waals surface area (Å²) >= 11 is 17.1. The first-order valence-electron chi connectivity index (χ1n) is 5.66. The Hall–Kier alpha value is -0.190. The molecule has 0 unspecified atom stereocenters. The second kappa shape index (κ2) is 7.00. The molecule has 1 nitrogen and oxygen atoms in total. The molecule has 0 spiro atoms. The van der Waals surface area contributed by atoms with E-state index < -0.39 is 0 Å². The Labute approximate surface area is 135 Å². The number of halogens is 3. The second-order valence-electron chi connectivity index (χ2n) is 3.96. The van der Waals surface area contributed by atoms with Crippen molar-refractivity contribution in [1.82, 2.24) is 5.32 Å². The van der Waals surface area contributed by atoms with Crippen molar-refractivity contribution in [3.63, 3.8) is 0 Å². The van der Waals surface area contributed by atoms with Crippen LogP contribution in [0.1, 0.15) is 5.56 Å². The molecule has 0 aromatic heterocycles. The maximum atomic E-state index is 6.04. The van der Waals surface area contributed by atoms with E-state index in [1.807, 2.05) is 31.3 Å². The summed E-state index contributed by atoms with van der Waals surface area (Å²) < 4.78 is 1.08. The van der Waals surface area contributed by atoms with E-state index in [9.17, 15) is 0 Å². The molecular weight excluding hydrogens is 365 g/mol. The monoisotopic (exact) mass is 375 g/mol. The fourth-order valence-electron chi connectivity index (χ4n) is 1.64. The van der Waals surface area contributed by atoms with Gasteiger partial charge in [0.05, 0.1) is 10.0 Å². The van der Waals surface area contributed by atoms with Crippen LogP contribution in [0.5, 0.6) is 0 Å². The molecule has 5 heteroatoms. The largest absolute Gasteiger partial charge is 0.316 e. The van der Waals surface area contributed by atoms with Crippen LogP contribution in [0.4, 0.5) is 0 Å². The summed E-state index contributed by atoms with van der Waals surface area (Å²) in [5.74, 6) is 0. The highest BCUT2D eigenvalue weighted by atomic mass is 79.9. The van der Waals surface area contributed by atoms with Gasteiger partial charge in [-0.05, 0) is 49.0 Å². The first-order valence-corrected chi connectivity index (χ1v) is 8.02. The standard InChI is InChI=1S/C14H12BrCl2NS/c1-18-8-9-6-10(15)2-5-14(9)19-11-3-4-12(16)13(17)7-11/h2-7,18H,8H2,1H3. The van der Waals surface area contributed by atoms with Crippen molar-refractivity contribution >= 4 is 50.9 Å². The third-order valence-corrected chi connectivity index (χ3v) is 4.85. The van der Waals surface area contributed by atoms with Gasteiger partial charge in [-0.15, -0.1) is 0 Å². The second-order valence-corrected chi connectivity index (χ2v) is 6.81. The molecule has 0 aliphatic rings. The van der Waals surface area contributed by atoms with Crippen LogP contribution < -0.4 is 5.32 Å². The predicted molar refractivity (Wildman–Crippen MR) is 87.5 cm³/mol. The molecule has 0 aliphatic carbocycles. The zero-order valence-electron chi connectivity index (χ0n) is 10.2. The minimum Gasteiger partial charge on any atom is -0.316 e. The van der Waals surface area contributed by atoms with Crippen LogP contribution in [0, 0.1) is 0 Å². The Morgan fingerprint density at radius 1 is 1.11 bits per heavy atom. The Bertz CT molecular complexity index is 590. The van der Waals surface area contributed by atoms with Crippen molar-refractivity contribution in [2.24, 2.45) is 0 Å². The fraction of sp³-hybridized carbons (Fsp3) is 0.143. The van der Waals surface area contributed by atoms with E-state index >= 15 is 0 Å². The van der Waals surface area contributed by atoms with Crippen molar-refractivity contribution < 1.29 is 0 Å². The number of nitrogens with one attached hydrogen (secondary N) is 1. The maximum Gasteiger partial charge on any atom is 0.0603 e. The highest BCUT2D eigenvalue weighted by Crippen LogP contribution is 2.35. The number of rotatable bonds is 4. The van der Waals surface area contributed by atoms with E-state index in [0.29, 0.717) is 10.0 Å². The van der Waals surface area contributed by atoms with Crippen LogP contribution in [-0.2, 0) is 6.54 Å². The van der Waals surface area contributed by atoms with Crippen molar-refractivity contribution in [3.8, 4) is 0 Å². The Morgan fingerprint density at radius 2 is 1.89 bits per heavy atom. The smallest absolute Gasteiger partial charge is 0.0603 e. The Kier molecular flexibility index (Phi) is 5.60. The third kappa shape index (κ3) is 4.14. The van der Waals surface area contributed by atoms with Crippen LogP contribution in [0.3, 0.4) is 0 Å². The number of hydrogen-bond acceptors (Lipinski definition) is 2. The SMILES string of the molecule is CNCc1cc(Br)ccc1Sc1ccc(Cl)c(Cl)c1. The molecule has 0 saturated carbocycles. The van der Waals surface area contributed by atoms with Crippen molar-refractivity contribution in [2.45, 2.75) is 16.3 Å². The van der Waals surface area contributed by atoms with Gasteiger partial charge in [0, 0.05) is 20.8 Å². The summed E-state index contributed by atoms with van der Waals surface area (Å²) in [7, 11) is 1.94. The first-order chi connectivity index (χ1) is 9.10. The molecule has 2 aromatic carbocycles. The molecule has 2 aromatic rings. The molecule has 1 N–H and O–H groups in total. The normalized spacial score (nSPS) is 10.7. The topological polar surface area (TPSA) is 12.0 Å². The lowest BCUT2D eigenvalue weighted by atomic mass is 10.2. The van der Waals surface area contributed by atoms with Crippen LogP contribution in [-0.4, -0.2) is 7.05 Å². The quantitative estimate of drug-likeness (QED) is 0.742. The van der Waals surface area contributed by atoms with Gasteiger partial charge >= 0.3 is 0 Å². The van der Waals surface area contributed by atoms with Crippen LogP contribution in [0.25, 0.3) is 0 Å². The van der Waals surface area contributed by atoms with Gasteiger partial charge in [0.15, 0.2) is 0 Å². The summed E-state index contributed by atoms with van der Waals surface area (Å²) in [6.07, 6.45) is 0.